The zero-order chi connectivity index (χ0) is 19.4. The second-order valence-electron chi connectivity index (χ2n) is 6.68. The van der Waals surface area contributed by atoms with Crippen LogP contribution in [0.5, 0.6) is 0 Å². The zero-order valence-corrected chi connectivity index (χ0v) is 15.9. The van der Waals surface area contributed by atoms with E-state index in [1.54, 1.807) is 17.1 Å². The summed E-state index contributed by atoms with van der Waals surface area (Å²) in [6, 6.07) is 16.0. The van der Waals surface area contributed by atoms with Gasteiger partial charge in [-0.3, -0.25) is 4.79 Å². The van der Waals surface area contributed by atoms with Crippen LogP contribution in [-0.4, -0.2) is 28.9 Å². The monoisotopic (exact) mass is 356 g/mol. The molecule has 0 unspecified atom stereocenters. The van der Waals surface area contributed by atoms with E-state index in [1.165, 1.54) is 5.56 Å². The molecule has 0 aliphatic rings. The van der Waals surface area contributed by atoms with Crippen molar-refractivity contribution in [3.05, 3.63) is 90.5 Å². The van der Waals surface area contributed by atoms with Crippen molar-refractivity contribution >= 4 is 16.8 Å². The van der Waals surface area contributed by atoms with E-state index in [-0.39, 0.29) is 5.91 Å². The topological polar surface area (TPSA) is 33.2 Å². The van der Waals surface area contributed by atoms with Gasteiger partial charge in [0.05, 0.1) is 16.8 Å². The molecule has 1 heterocycles. The van der Waals surface area contributed by atoms with Crippen LogP contribution in [0.25, 0.3) is 22.2 Å². The van der Waals surface area contributed by atoms with Crippen molar-refractivity contribution in [2.24, 2.45) is 0 Å². The number of amides is 1. The molecule has 1 aromatic heterocycles. The summed E-state index contributed by atoms with van der Waals surface area (Å²) in [7, 11) is 0. The third-order valence-corrected chi connectivity index (χ3v) is 4.59. The number of benzene rings is 2. The number of para-hydroxylation sites is 1. The maximum absolute atomic E-state index is 13.3. The number of aromatic nitrogens is 1. The SMILES string of the molecule is C=CCN(CC=C)C(=O)c1cc(-c2ccc(C)cc2C)nc2ccccc12. The van der Waals surface area contributed by atoms with E-state index >= 15 is 0 Å². The summed E-state index contributed by atoms with van der Waals surface area (Å²) in [4.78, 5) is 19.8. The number of hydrogen-bond acceptors (Lipinski definition) is 2. The van der Waals surface area contributed by atoms with Crippen molar-refractivity contribution in [2.45, 2.75) is 13.8 Å². The fourth-order valence-electron chi connectivity index (χ4n) is 3.31. The van der Waals surface area contributed by atoms with E-state index < -0.39 is 0 Å². The molecule has 3 rings (SSSR count). The maximum atomic E-state index is 13.3. The molecule has 3 aromatic rings. The molecule has 3 heteroatoms. The second kappa shape index (κ2) is 8.00. The van der Waals surface area contributed by atoms with E-state index in [0.717, 1.165) is 27.7 Å². The lowest BCUT2D eigenvalue weighted by atomic mass is 9.99. The van der Waals surface area contributed by atoms with Gasteiger partial charge in [-0.05, 0) is 31.5 Å². The highest BCUT2D eigenvalue weighted by Crippen LogP contribution is 2.28. The minimum absolute atomic E-state index is 0.0422. The van der Waals surface area contributed by atoms with Gasteiger partial charge in [-0.1, -0.05) is 54.1 Å². The van der Waals surface area contributed by atoms with Gasteiger partial charge in [-0.2, -0.15) is 0 Å². The van der Waals surface area contributed by atoms with Crippen molar-refractivity contribution in [3.63, 3.8) is 0 Å². The number of carbonyl (C=O) groups is 1. The van der Waals surface area contributed by atoms with Crippen LogP contribution < -0.4 is 0 Å². The molecule has 27 heavy (non-hydrogen) atoms. The van der Waals surface area contributed by atoms with Crippen LogP contribution in [-0.2, 0) is 0 Å². The Kier molecular flexibility index (Phi) is 5.51. The molecule has 0 aliphatic heterocycles. The molecule has 0 aliphatic carbocycles. The summed E-state index contributed by atoms with van der Waals surface area (Å²) in [6.07, 6.45) is 3.46. The van der Waals surface area contributed by atoms with Gasteiger partial charge in [0.2, 0.25) is 0 Å². The Morgan fingerprint density at radius 1 is 1.04 bits per heavy atom. The van der Waals surface area contributed by atoms with Crippen molar-refractivity contribution < 1.29 is 4.79 Å². The van der Waals surface area contributed by atoms with Gasteiger partial charge in [-0.25, -0.2) is 4.98 Å². The molecular weight excluding hydrogens is 332 g/mol. The second-order valence-corrected chi connectivity index (χ2v) is 6.68. The lowest BCUT2D eigenvalue weighted by Gasteiger charge is -2.21. The van der Waals surface area contributed by atoms with E-state index in [4.69, 9.17) is 4.98 Å². The summed E-state index contributed by atoms with van der Waals surface area (Å²) in [6.45, 7) is 12.6. The van der Waals surface area contributed by atoms with Crippen LogP contribution in [0, 0.1) is 13.8 Å². The van der Waals surface area contributed by atoms with Gasteiger partial charge >= 0.3 is 0 Å². The molecule has 0 fully saturated rings. The maximum Gasteiger partial charge on any atom is 0.255 e. The summed E-state index contributed by atoms with van der Waals surface area (Å²) < 4.78 is 0. The molecule has 0 saturated heterocycles. The highest BCUT2D eigenvalue weighted by Gasteiger charge is 2.19. The van der Waals surface area contributed by atoms with E-state index in [0.29, 0.717) is 18.7 Å². The summed E-state index contributed by atoms with van der Waals surface area (Å²) in [5, 5.41) is 0.856. The van der Waals surface area contributed by atoms with Gasteiger partial charge in [0.1, 0.15) is 0 Å². The Hall–Kier alpha value is -3.20. The fraction of sp³-hybridized carbons (Fsp3) is 0.167. The molecule has 0 N–H and O–H groups in total. The average molecular weight is 356 g/mol. The van der Waals surface area contributed by atoms with Crippen molar-refractivity contribution in [1.29, 1.82) is 0 Å². The molecule has 0 bridgehead atoms. The van der Waals surface area contributed by atoms with Crippen LogP contribution in [0.3, 0.4) is 0 Å². The normalized spacial score (nSPS) is 10.6. The van der Waals surface area contributed by atoms with Gasteiger partial charge in [0.15, 0.2) is 0 Å². The standard InChI is InChI=1S/C24H24N2O/c1-5-13-26(14-6-2)24(27)21-16-23(19-12-11-17(3)15-18(19)4)25-22-10-8-7-9-20(21)22/h5-12,15-16H,1-2,13-14H2,3-4H3. The molecule has 0 spiro atoms. The molecule has 0 saturated carbocycles. The molecule has 1 amide bonds. The molecule has 0 radical (unpaired) electrons. The van der Waals surface area contributed by atoms with Crippen molar-refractivity contribution in [2.75, 3.05) is 13.1 Å². The Balaban J connectivity index is 2.20. The number of fused-ring (bicyclic) bond motifs is 1. The lowest BCUT2D eigenvalue weighted by Crippen LogP contribution is -2.31. The van der Waals surface area contributed by atoms with Crippen molar-refractivity contribution in [3.8, 4) is 11.3 Å². The van der Waals surface area contributed by atoms with Crippen LogP contribution in [0.1, 0.15) is 21.5 Å². The smallest absolute Gasteiger partial charge is 0.255 e. The Morgan fingerprint density at radius 3 is 2.41 bits per heavy atom. The Morgan fingerprint density at radius 2 is 1.74 bits per heavy atom. The average Bonchev–Trinajstić information content (AvgIpc) is 2.66. The lowest BCUT2D eigenvalue weighted by molar-refractivity contribution is 0.0793. The first-order chi connectivity index (χ1) is 13.0. The third-order valence-electron chi connectivity index (χ3n) is 4.59. The summed E-state index contributed by atoms with van der Waals surface area (Å²) in [5.41, 5.74) is 5.67. The molecule has 2 aromatic carbocycles. The largest absolute Gasteiger partial charge is 0.331 e. The summed E-state index contributed by atoms with van der Waals surface area (Å²) in [5.74, 6) is -0.0422. The number of pyridine rings is 1. The third kappa shape index (κ3) is 3.82. The van der Waals surface area contributed by atoms with Crippen LogP contribution in [0.4, 0.5) is 0 Å². The number of nitrogens with zero attached hydrogens (tertiary/aromatic N) is 2. The first-order valence-corrected chi connectivity index (χ1v) is 9.03. The fourth-order valence-corrected chi connectivity index (χ4v) is 3.31. The van der Waals surface area contributed by atoms with E-state index in [2.05, 4.69) is 45.2 Å². The van der Waals surface area contributed by atoms with Crippen LogP contribution in [0.2, 0.25) is 0 Å². The minimum atomic E-state index is -0.0422. The number of hydrogen-bond donors (Lipinski definition) is 0. The Bertz CT molecular complexity index is 1010. The van der Waals surface area contributed by atoms with E-state index in [1.807, 2.05) is 30.3 Å². The number of carbonyl (C=O) groups excluding carboxylic acids is 1. The molecule has 0 atom stereocenters. The van der Waals surface area contributed by atoms with E-state index in [9.17, 15) is 4.79 Å². The Labute approximate surface area is 160 Å². The summed E-state index contributed by atoms with van der Waals surface area (Å²) >= 11 is 0. The van der Waals surface area contributed by atoms with Gasteiger partial charge < -0.3 is 4.90 Å². The number of aryl methyl sites for hydroxylation is 2. The predicted molar refractivity (Wildman–Crippen MR) is 113 cm³/mol. The van der Waals surface area contributed by atoms with Crippen LogP contribution >= 0.6 is 0 Å². The molecule has 136 valence electrons. The molecule has 3 nitrogen and oxygen atoms in total. The van der Waals surface area contributed by atoms with Gasteiger partial charge in [0.25, 0.3) is 5.91 Å². The minimum Gasteiger partial charge on any atom is -0.331 e. The highest BCUT2D eigenvalue weighted by atomic mass is 16.2. The van der Waals surface area contributed by atoms with Crippen molar-refractivity contribution in [1.82, 2.24) is 9.88 Å². The van der Waals surface area contributed by atoms with Gasteiger partial charge in [0, 0.05) is 24.0 Å². The quantitative estimate of drug-likeness (QED) is 0.559. The molecular formula is C24H24N2O. The number of rotatable bonds is 6. The first-order valence-electron chi connectivity index (χ1n) is 9.03. The van der Waals surface area contributed by atoms with Gasteiger partial charge in [-0.15, -0.1) is 13.2 Å². The highest BCUT2D eigenvalue weighted by molar-refractivity contribution is 6.07. The first kappa shape index (κ1) is 18.6. The predicted octanol–water partition coefficient (Wildman–Crippen LogP) is 5.33. The zero-order valence-electron chi connectivity index (χ0n) is 15.9. The van der Waals surface area contributed by atoms with Crippen LogP contribution in [0.15, 0.2) is 73.8 Å².